The first-order valence-corrected chi connectivity index (χ1v) is 10.5. The van der Waals surface area contributed by atoms with Gasteiger partial charge in [0.15, 0.2) is 5.78 Å². The van der Waals surface area contributed by atoms with Crippen molar-refractivity contribution in [3.05, 3.63) is 119 Å². The Morgan fingerprint density at radius 2 is 1.78 bits per heavy atom. The Kier molecular flexibility index (Phi) is 6.73. The maximum absolute atomic E-state index is 12.7. The number of allylic oxidation sites excluding steroid dienone is 1. The maximum Gasteiger partial charge on any atom is 0.185 e. The second kappa shape index (κ2) is 10.0. The highest BCUT2D eigenvalue weighted by molar-refractivity contribution is 6.30. The highest BCUT2D eigenvalue weighted by Crippen LogP contribution is 2.24. The summed E-state index contributed by atoms with van der Waals surface area (Å²) >= 11 is 6.02. The monoisotopic (exact) mass is 443 g/mol. The van der Waals surface area contributed by atoms with Crippen molar-refractivity contribution in [1.29, 1.82) is 0 Å². The van der Waals surface area contributed by atoms with Gasteiger partial charge in [-0.25, -0.2) is 0 Å². The Labute approximate surface area is 192 Å². The van der Waals surface area contributed by atoms with Crippen LogP contribution in [0.1, 0.15) is 21.5 Å². The third-order valence-electron chi connectivity index (χ3n) is 4.96. The molecule has 4 aromatic rings. The largest absolute Gasteiger partial charge is 0.496 e. The summed E-state index contributed by atoms with van der Waals surface area (Å²) in [7, 11) is 1.62. The molecule has 3 aromatic carbocycles. The van der Waals surface area contributed by atoms with Crippen LogP contribution in [0.25, 0.3) is 11.8 Å². The minimum atomic E-state index is -0.0634. The molecule has 0 spiro atoms. The van der Waals surface area contributed by atoms with Gasteiger partial charge in [0.2, 0.25) is 0 Å². The Balaban J connectivity index is 1.49. The van der Waals surface area contributed by atoms with E-state index in [1.165, 1.54) is 0 Å². The van der Waals surface area contributed by atoms with Gasteiger partial charge in [0.25, 0.3) is 0 Å². The molecule has 1 heterocycles. The molecule has 0 amide bonds. The fourth-order valence-corrected chi connectivity index (χ4v) is 3.51. The van der Waals surface area contributed by atoms with Crippen LogP contribution in [0.4, 0.5) is 0 Å². The number of aromatic nitrogens is 1. The topological polar surface area (TPSA) is 40.5 Å². The van der Waals surface area contributed by atoms with Crippen LogP contribution in [0.3, 0.4) is 0 Å². The van der Waals surface area contributed by atoms with E-state index in [1.807, 2.05) is 83.7 Å². The van der Waals surface area contributed by atoms with Crippen LogP contribution in [0, 0.1) is 0 Å². The molecule has 5 heteroatoms. The van der Waals surface area contributed by atoms with Gasteiger partial charge in [-0.05, 0) is 66.2 Å². The SMILES string of the molecule is COc1ccc(/C=C/C(=O)c2cccc(-n3cccc3)c2)cc1COc1cccc(Cl)c1. The number of ketones is 1. The molecule has 0 bridgehead atoms. The van der Waals surface area contributed by atoms with Gasteiger partial charge in [-0.1, -0.05) is 41.9 Å². The van der Waals surface area contributed by atoms with Gasteiger partial charge in [-0.3, -0.25) is 4.79 Å². The van der Waals surface area contributed by atoms with Gasteiger partial charge >= 0.3 is 0 Å². The fraction of sp³-hybridized carbons (Fsp3) is 0.0741. The lowest BCUT2D eigenvalue weighted by Crippen LogP contribution is -2.00. The summed E-state index contributed by atoms with van der Waals surface area (Å²) in [5, 5.41) is 0.616. The molecule has 0 aliphatic heterocycles. The molecule has 0 N–H and O–H groups in total. The summed E-state index contributed by atoms with van der Waals surface area (Å²) in [6, 6.07) is 24.4. The Bertz CT molecular complexity index is 1250. The number of halogens is 1. The zero-order valence-corrected chi connectivity index (χ0v) is 18.3. The van der Waals surface area contributed by atoms with Crippen molar-refractivity contribution < 1.29 is 14.3 Å². The summed E-state index contributed by atoms with van der Waals surface area (Å²) in [4.78, 5) is 12.7. The average Bonchev–Trinajstić information content (AvgIpc) is 3.36. The molecule has 0 aliphatic carbocycles. The first-order chi connectivity index (χ1) is 15.6. The minimum Gasteiger partial charge on any atom is -0.496 e. The zero-order chi connectivity index (χ0) is 22.3. The van der Waals surface area contributed by atoms with Crippen LogP contribution in [-0.4, -0.2) is 17.5 Å². The van der Waals surface area contributed by atoms with Gasteiger partial charge in [0.1, 0.15) is 18.1 Å². The summed E-state index contributed by atoms with van der Waals surface area (Å²) < 4.78 is 13.3. The lowest BCUT2D eigenvalue weighted by atomic mass is 10.1. The number of carbonyl (C=O) groups excluding carboxylic acids is 1. The normalized spacial score (nSPS) is 10.9. The van der Waals surface area contributed by atoms with E-state index in [-0.39, 0.29) is 5.78 Å². The minimum absolute atomic E-state index is 0.0634. The lowest BCUT2D eigenvalue weighted by Gasteiger charge is -2.11. The molecule has 1 aromatic heterocycles. The van der Waals surface area contributed by atoms with Crippen molar-refractivity contribution in [2.45, 2.75) is 6.61 Å². The van der Waals surface area contributed by atoms with Crippen LogP contribution in [0.15, 0.2) is 97.3 Å². The van der Waals surface area contributed by atoms with E-state index in [0.717, 1.165) is 22.6 Å². The third kappa shape index (κ3) is 5.29. The van der Waals surface area contributed by atoms with Gasteiger partial charge in [0.05, 0.1) is 7.11 Å². The number of ether oxygens (including phenoxy) is 2. The van der Waals surface area contributed by atoms with Crippen LogP contribution in [0.2, 0.25) is 5.02 Å². The number of carbonyl (C=O) groups is 1. The van der Waals surface area contributed by atoms with Crippen molar-refractivity contribution in [3.8, 4) is 17.2 Å². The summed E-state index contributed by atoms with van der Waals surface area (Å²) in [5.74, 6) is 1.33. The summed E-state index contributed by atoms with van der Waals surface area (Å²) in [6.07, 6.45) is 7.28. The maximum atomic E-state index is 12.7. The van der Waals surface area contributed by atoms with E-state index in [0.29, 0.717) is 22.9 Å². The number of methoxy groups -OCH3 is 1. The molecule has 4 rings (SSSR count). The van der Waals surface area contributed by atoms with E-state index >= 15 is 0 Å². The fourth-order valence-electron chi connectivity index (χ4n) is 3.33. The highest BCUT2D eigenvalue weighted by Gasteiger charge is 2.07. The molecule has 0 saturated carbocycles. The highest BCUT2D eigenvalue weighted by atomic mass is 35.5. The molecule has 0 aliphatic rings. The van der Waals surface area contributed by atoms with Gasteiger partial charge in [-0.2, -0.15) is 0 Å². The third-order valence-corrected chi connectivity index (χ3v) is 5.19. The lowest BCUT2D eigenvalue weighted by molar-refractivity contribution is 0.104. The molecule has 0 atom stereocenters. The predicted molar refractivity (Wildman–Crippen MR) is 128 cm³/mol. The van der Waals surface area contributed by atoms with Crippen LogP contribution >= 0.6 is 11.6 Å². The second-order valence-electron chi connectivity index (χ2n) is 7.16. The Morgan fingerprint density at radius 1 is 0.969 bits per heavy atom. The molecular formula is C27H22ClNO3. The van der Waals surface area contributed by atoms with E-state index in [4.69, 9.17) is 21.1 Å². The Morgan fingerprint density at radius 3 is 2.56 bits per heavy atom. The van der Waals surface area contributed by atoms with E-state index in [1.54, 1.807) is 31.4 Å². The van der Waals surface area contributed by atoms with Crippen LogP contribution in [-0.2, 0) is 6.61 Å². The smallest absolute Gasteiger partial charge is 0.185 e. The second-order valence-corrected chi connectivity index (χ2v) is 7.59. The van der Waals surface area contributed by atoms with E-state index in [2.05, 4.69) is 0 Å². The number of nitrogens with zero attached hydrogens (tertiary/aromatic N) is 1. The van der Waals surface area contributed by atoms with Gasteiger partial charge < -0.3 is 14.0 Å². The van der Waals surface area contributed by atoms with Crippen molar-refractivity contribution in [3.63, 3.8) is 0 Å². The molecule has 0 fully saturated rings. The van der Waals surface area contributed by atoms with Crippen LogP contribution in [0.5, 0.6) is 11.5 Å². The number of hydrogen-bond donors (Lipinski definition) is 0. The molecule has 32 heavy (non-hydrogen) atoms. The molecule has 0 unspecified atom stereocenters. The van der Waals surface area contributed by atoms with Crippen molar-refractivity contribution in [2.75, 3.05) is 7.11 Å². The number of hydrogen-bond acceptors (Lipinski definition) is 3. The number of rotatable bonds is 8. The summed E-state index contributed by atoms with van der Waals surface area (Å²) in [6.45, 7) is 0.318. The Hall–Kier alpha value is -3.76. The van der Waals surface area contributed by atoms with E-state index < -0.39 is 0 Å². The van der Waals surface area contributed by atoms with Crippen LogP contribution < -0.4 is 9.47 Å². The van der Waals surface area contributed by atoms with Gasteiger partial charge in [0, 0.05) is 34.2 Å². The molecule has 4 nitrogen and oxygen atoms in total. The quantitative estimate of drug-likeness (QED) is 0.227. The molecule has 0 radical (unpaired) electrons. The standard InChI is InChI=1S/C27H22ClNO3/c1-31-27-13-11-20(16-22(27)19-32-25-9-5-7-23(28)18-25)10-12-26(30)21-6-4-8-24(17-21)29-14-2-3-15-29/h2-18H,19H2,1H3/b12-10+. The molecular weight excluding hydrogens is 422 g/mol. The van der Waals surface area contributed by atoms with Crippen molar-refractivity contribution in [1.82, 2.24) is 4.57 Å². The molecule has 0 saturated heterocycles. The summed E-state index contributed by atoms with van der Waals surface area (Å²) in [5.41, 5.74) is 3.33. The van der Waals surface area contributed by atoms with Crippen molar-refractivity contribution >= 4 is 23.5 Å². The average molecular weight is 444 g/mol. The number of benzene rings is 3. The van der Waals surface area contributed by atoms with Crippen molar-refractivity contribution in [2.24, 2.45) is 0 Å². The van der Waals surface area contributed by atoms with E-state index in [9.17, 15) is 4.79 Å². The first kappa shape index (κ1) is 21.5. The zero-order valence-electron chi connectivity index (χ0n) is 17.6. The van der Waals surface area contributed by atoms with Gasteiger partial charge in [-0.15, -0.1) is 0 Å². The molecule has 160 valence electrons. The predicted octanol–water partition coefficient (Wildman–Crippen LogP) is 6.61. The first-order valence-electron chi connectivity index (χ1n) is 10.1.